The first-order chi connectivity index (χ1) is 9.54. The molecule has 0 aromatic carbocycles. The van der Waals surface area contributed by atoms with Crippen molar-refractivity contribution in [2.24, 2.45) is 5.92 Å². The Labute approximate surface area is 119 Å². The van der Waals surface area contributed by atoms with E-state index in [1.54, 1.807) is 13.1 Å². The van der Waals surface area contributed by atoms with Gasteiger partial charge in [0.25, 0.3) is 5.69 Å². The molecule has 1 aliphatic rings. The van der Waals surface area contributed by atoms with Crippen LogP contribution in [0.3, 0.4) is 0 Å². The second-order valence-electron chi connectivity index (χ2n) is 5.66. The van der Waals surface area contributed by atoms with Crippen LogP contribution in [0.1, 0.15) is 43.0 Å². The van der Waals surface area contributed by atoms with Gasteiger partial charge in [0.15, 0.2) is 0 Å². The number of rotatable bonds is 7. The molecule has 5 nitrogen and oxygen atoms in total. The molecule has 1 fully saturated rings. The fraction of sp³-hybridized carbons (Fsp3) is 0.667. The molecule has 5 heteroatoms. The summed E-state index contributed by atoms with van der Waals surface area (Å²) in [4.78, 5) is 15.2. The first-order valence-electron chi connectivity index (χ1n) is 7.37. The molecule has 2 rings (SSSR count). The van der Waals surface area contributed by atoms with Crippen molar-refractivity contribution in [3.05, 3.63) is 33.1 Å². The molecule has 1 unspecified atom stereocenters. The third-order valence-electron chi connectivity index (χ3n) is 4.11. The predicted molar refractivity (Wildman–Crippen MR) is 78.9 cm³/mol. The molecule has 0 aliphatic heterocycles. The van der Waals surface area contributed by atoms with Crippen LogP contribution >= 0.6 is 0 Å². The van der Waals surface area contributed by atoms with E-state index in [1.165, 1.54) is 12.8 Å². The van der Waals surface area contributed by atoms with Crippen molar-refractivity contribution in [3.8, 4) is 0 Å². The minimum atomic E-state index is -0.293. The second kappa shape index (κ2) is 6.31. The highest BCUT2D eigenvalue weighted by Gasteiger charge is 2.30. The minimum Gasteiger partial charge on any atom is -0.314 e. The van der Waals surface area contributed by atoms with Crippen LogP contribution in [0.5, 0.6) is 0 Å². The Hall–Kier alpha value is -1.49. The minimum absolute atomic E-state index is 0.224. The lowest BCUT2D eigenvalue weighted by Gasteiger charge is -2.17. The number of nitrogens with one attached hydrogen (secondary N) is 1. The quantitative estimate of drug-likeness (QED) is 0.614. The highest BCUT2D eigenvalue weighted by atomic mass is 16.6. The van der Waals surface area contributed by atoms with Crippen LogP contribution in [0.2, 0.25) is 0 Å². The summed E-state index contributed by atoms with van der Waals surface area (Å²) in [5, 5.41) is 14.6. The zero-order chi connectivity index (χ0) is 14.7. The maximum absolute atomic E-state index is 11.1. The van der Waals surface area contributed by atoms with Gasteiger partial charge in [0.1, 0.15) is 0 Å². The van der Waals surface area contributed by atoms with Gasteiger partial charge in [-0.2, -0.15) is 0 Å². The smallest absolute Gasteiger partial charge is 0.278 e. The number of aryl methyl sites for hydroxylation is 2. The highest BCUT2D eigenvalue weighted by molar-refractivity contribution is 5.47. The van der Waals surface area contributed by atoms with E-state index in [0.29, 0.717) is 11.6 Å². The van der Waals surface area contributed by atoms with Gasteiger partial charge in [0.2, 0.25) is 0 Å². The van der Waals surface area contributed by atoms with Crippen LogP contribution in [-0.2, 0) is 6.42 Å². The van der Waals surface area contributed by atoms with Crippen molar-refractivity contribution in [3.63, 3.8) is 0 Å². The van der Waals surface area contributed by atoms with Gasteiger partial charge in [-0.3, -0.25) is 15.1 Å². The summed E-state index contributed by atoms with van der Waals surface area (Å²) in [6.45, 7) is 6.65. The largest absolute Gasteiger partial charge is 0.314 e. The molecular formula is C15H23N3O2. The van der Waals surface area contributed by atoms with E-state index >= 15 is 0 Å². The van der Waals surface area contributed by atoms with Crippen molar-refractivity contribution >= 4 is 5.69 Å². The lowest BCUT2D eigenvalue weighted by Crippen LogP contribution is -2.31. The predicted octanol–water partition coefficient (Wildman–Crippen LogP) is 2.93. The van der Waals surface area contributed by atoms with Gasteiger partial charge in [-0.25, -0.2) is 0 Å². The van der Waals surface area contributed by atoms with Gasteiger partial charge in [-0.1, -0.05) is 6.92 Å². The Balaban J connectivity index is 2.09. The molecule has 0 amide bonds. The molecule has 1 heterocycles. The molecule has 0 radical (unpaired) electrons. The lowest BCUT2D eigenvalue weighted by atomic mass is 10.0. The van der Waals surface area contributed by atoms with Crippen LogP contribution in [0.15, 0.2) is 6.20 Å². The average Bonchev–Trinajstić information content (AvgIpc) is 3.20. The SMILES string of the molecule is CCNC(CCc1ncc(C)c([N+](=O)[O-])c1C)C1CC1. The molecular weight excluding hydrogens is 254 g/mol. The topological polar surface area (TPSA) is 68.1 Å². The van der Waals surface area contributed by atoms with Gasteiger partial charge in [0, 0.05) is 23.4 Å². The third kappa shape index (κ3) is 3.33. The summed E-state index contributed by atoms with van der Waals surface area (Å²) < 4.78 is 0. The van der Waals surface area contributed by atoms with Crippen LogP contribution in [0, 0.1) is 29.9 Å². The standard InChI is InChI=1S/C15H23N3O2/c1-4-16-14(12-5-6-12)8-7-13-11(3)15(18(19)20)10(2)9-17-13/h9,12,14,16H,4-8H2,1-3H3. The highest BCUT2D eigenvalue weighted by Crippen LogP contribution is 2.35. The van der Waals surface area contributed by atoms with Gasteiger partial charge < -0.3 is 5.32 Å². The maximum Gasteiger partial charge on any atom is 0.278 e. The van der Waals surface area contributed by atoms with Crippen molar-refractivity contribution in [1.82, 2.24) is 10.3 Å². The van der Waals surface area contributed by atoms with E-state index in [9.17, 15) is 10.1 Å². The van der Waals surface area contributed by atoms with Gasteiger partial charge in [-0.05, 0) is 52.0 Å². The molecule has 0 bridgehead atoms. The molecule has 20 heavy (non-hydrogen) atoms. The summed E-state index contributed by atoms with van der Waals surface area (Å²) in [6.07, 6.45) is 6.05. The van der Waals surface area contributed by atoms with Crippen molar-refractivity contribution in [2.75, 3.05) is 6.54 Å². The number of hydrogen-bond acceptors (Lipinski definition) is 4. The maximum atomic E-state index is 11.1. The molecule has 110 valence electrons. The van der Waals surface area contributed by atoms with E-state index in [2.05, 4.69) is 17.2 Å². The second-order valence-corrected chi connectivity index (χ2v) is 5.66. The normalized spacial score (nSPS) is 16.1. The number of aromatic nitrogens is 1. The number of hydrogen-bond donors (Lipinski definition) is 1. The zero-order valence-electron chi connectivity index (χ0n) is 12.5. The van der Waals surface area contributed by atoms with Gasteiger partial charge in [-0.15, -0.1) is 0 Å². The van der Waals surface area contributed by atoms with Crippen LogP contribution < -0.4 is 5.32 Å². The number of pyridine rings is 1. The average molecular weight is 277 g/mol. The van der Waals surface area contributed by atoms with E-state index in [0.717, 1.165) is 36.6 Å². The Kier molecular flexibility index (Phi) is 4.70. The summed E-state index contributed by atoms with van der Waals surface area (Å²) in [5.41, 5.74) is 2.45. The van der Waals surface area contributed by atoms with Crippen molar-refractivity contribution < 1.29 is 4.92 Å². The summed E-state index contributed by atoms with van der Waals surface area (Å²) >= 11 is 0. The zero-order valence-corrected chi connectivity index (χ0v) is 12.5. The first kappa shape index (κ1) is 14.9. The summed E-state index contributed by atoms with van der Waals surface area (Å²) in [6, 6.07) is 0.529. The molecule has 1 N–H and O–H groups in total. The molecule has 1 aromatic heterocycles. The lowest BCUT2D eigenvalue weighted by molar-refractivity contribution is -0.386. The summed E-state index contributed by atoms with van der Waals surface area (Å²) in [5.74, 6) is 0.788. The van der Waals surface area contributed by atoms with Crippen LogP contribution in [0.25, 0.3) is 0 Å². The first-order valence-corrected chi connectivity index (χ1v) is 7.37. The van der Waals surface area contributed by atoms with E-state index in [4.69, 9.17) is 0 Å². The fourth-order valence-electron chi connectivity index (χ4n) is 2.86. The van der Waals surface area contributed by atoms with Crippen molar-refractivity contribution in [1.29, 1.82) is 0 Å². The molecule has 1 aromatic rings. The number of nitrogens with zero attached hydrogens (tertiary/aromatic N) is 2. The van der Waals surface area contributed by atoms with Gasteiger partial charge >= 0.3 is 0 Å². The Morgan fingerprint density at radius 1 is 1.50 bits per heavy atom. The van der Waals surface area contributed by atoms with E-state index in [1.807, 2.05) is 6.92 Å². The fourth-order valence-corrected chi connectivity index (χ4v) is 2.86. The summed E-state index contributed by atoms with van der Waals surface area (Å²) in [7, 11) is 0. The van der Waals surface area contributed by atoms with Crippen LogP contribution in [0.4, 0.5) is 5.69 Å². The molecule has 1 atom stereocenters. The Morgan fingerprint density at radius 3 is 2.75 bits per heavy atom. The monoisotopic (exact) mass is 277 g/mol. The number of nitro groups is 1. The molecule has 1 aliphatic carbocycles. The Bertz CT molecular complexity index is 498. The molecule has 0 spiro atoms. The van der Waals surface area contributed by atoms with Crippen LogP contribution in [-0.4, -0.2) is 22.5 Å². The van der Waals surface area contributed by atoms with E-state index in [-0.39, 0.29) is 10.6 Å². The molecule has 0 saturated heterocycles. The molecule has 1 saturated carbocycles. The van der Waals surface area contributed by atoms with Crippen molar-refractivity contribution in [2.45, 2.75) is 52.5 Å². The van der Waals surface area contributed by atoms with E-state index < -0.39 is 0 Å². The van der Waals surface area contributed by atoms with Gasteiger partial charge in [0.05, 0.1) is 10.6 Å². The third-order valence-corrected chi connectivity index (χ3v) is 4.11. The Morgan fingerprint density at radius 2 is 2.20 bits per heavy atom.